The van der Waals surface area contributed by atoms with Crippen molar-refractivity contribution in [3.8, 4) is 5.75 Å². The van der Waals surface area contributed by atoms with Crippen LogP contribution in [0.25, 0.3) is 10.9 Å². The molecule has 1 aromatic heterocycles. The number of para-hydroxylation sites is 1. The normalized spacial score (nSPS) is 12.7. The topological polar surface area (TPSA) is 37.0 Å². The van der Waals surface area contributed by atoms with Gasteiger partial charge < -0.3 is 15.0 Å². The van der Waals surface area contributed by atoms with Crippen LogP contribution in [-0.4, -0.2) is 12.1 Å². The summed E-state index contributed by atoms with van der Waals surface area (Å²) in [6.45, 7) is 1.97. The summed E-state index contributed by atoms with van der Waals surface area (Å²) in [6, 6.07) is 20.4. The maximum atomic E-state index is 13.2. The first-order valence-corrected chi connectivity index (χ1v) is 9.52. The zero-order valence-corrected chi connectivity index (χ0v) is 16.5. The molecule has 154 valence electrons. The molecule has 0 aliphatic carbocycles. The molecule has 0 saturated carbocycles. The summed E-state index contributed by atoms with van der Waals surface area (Å²) in [5.74, 6) is 0.715. The number of benzene rings is 3. The molecule has 0 radical (unpaired) electrons. The second kappa shape index (κ2) is 7.78. The van der Waals surface area contributed by atoms with Gasteiger partial charge in [-0.3, -0.25) is 0 Å². The molecule has 4 aromatic rings. The summed E-state index contributed by atoms with van der Waals surface area (Å²) < 4.78 is 44.9. The molecule has 1 unspecified atom stereocenters. The van der Waals surface area contributed by atoms with Crippen molar-refractivity contribution in [2.75, 3.05) is 12.4 Å². The zero-order valence-electron chi connectivity index (χ0n) is 16.5. The van der Waals surface area contributed by atoms with E-state index in [9.17, 15) is 13.2 Å². The molecule has 3 nitrogen and oxygen atoms in total. The molecular weight excluding hydrogens is 389 g/mol. The first-order valence-electron chi connectivity index (χ1n) is 9.52. The summed E-state index contributed by atoms with van der Waals surface area (Å²) in [5.41, 5.74) is 3.56. The monoisotopic (exact) mass is 410 g/mol. The molecule has 1 heterocycles. The van der Waals surface area contributed by atoms with E-state index >= 15 is 0 Å². The van der Waals surface area contributed by atoms with Gasteiger partial charge in [0.1, 0.15) is 5.75 Å². The van der Waals surface area contributed by atoms with Crippen LogP contribution in [0.5, 0.6) is 5.75 Å². The Kier molecular flexibility index (Phi) is 5.16. The lowest BCUT2D eigenvalue weighted by Crippen LogP contribution is -2.14. The van der Waals surface area contributed by atoms with Crippen molar-refractivity contribution in [1.29, 1.82) is 0 Å². The van der Waals surface area contributed by atoms with Crippen LogP contribution in [0, 0.1) is 6.92 Å². The lowest BCUT2D eigenvalue weighted by Gasteiger charge is -2.22. The standard InChI is InChI=1S/C24H21F3N2O/c1-15-22(20-8-3-4-9-21(20)28-15)23(16-10-12-19(30-2)13-11-16)29-18-7-5-6-17(14-18)24(25,26)27/h3-14,23,28-29H,1-2H3. The maximum absolute atomic E-state index is 13.2. The highest BCUT2D eigenvalue weighted by atomic mass is 19.4. The Morgan fingerprint density at radius 2 is 1.67 bits per heavy atom. The van der Waals surface area contributed by atoms with Crippen molar-refractivity contribution in [2.24, 2.45) is 0 Å². The number of hydrogen-bond acceptors (Lipinski definition) is 2. The molecule has 6 heteroatoms. The fourth-order valence-corrected chi connectivity index (χ4v) is 3.74. The van der Waals surface area contributed by atoms with Gasteiger partial charge in [-0.1, -0.05) is 36.4 Å². The number of fused-ring (bicyclic) bond motifs is 1. The highest BCUT2D eigenvalue weighted by molar-refractivity contribution is 5.86. The highest BCUT2D eigenvalue weighted by Gasteiger charge is 2.31. The van der Waals surface area contributed by atoms with Crippen molar-refractivity contribution in [2.45, 2.75) is 19.1 Å². The number of nitrogens with one attached hydrogen (secondary N) is 2. The first-order chi connectivity index (χ1) is 14.4. The smallest absolute Gasteiger partial charge is 0.416 e. The summed E-state index contributed by atoms with van der Waals surface area (Å²) in [5, 5.41) is 4.34. The minimum Gasteiger partial charge on any atom is -0.497 e. The van der Waals surface area contributed by atoms with E-state index in [1.54, 1.807) is 13.2 Å². The average molecular weight is 410 g/mol. The van der Waals surface area contributed by atoms with E-state index in [0.717, 1.165) is 39.9 Å². The molecule has 0 fully saturated rings. The second-order valence-corrected chi connectivity index (χ2v) is 7.14. The highest BCUT2D eigenvalue weighted by Crippen LogP contribution is 2.36. The minimum absolute atomic E-state index is 0.351. The van der Waals surface area contributed by atoms with Gasteiger partial charge in [0.05, 0.1) is 18.7 Å². The Hall–Kier alpha value is -3.41. The molecule has 0 aliphatic heterocycles. The predicted molar refractivity (Wildman–Crippen MR) is 113 cm³/mol. The molecule has 3 aromatic carbocycles. The molecule has 0 aliphatic rings. The molecule has 1 atom stereocenters. The lowest BCUT2D eigenvalue weighted by atomic mass is 9.95. The van der Waals surface area contributed by atoms with E-state index in [4.69, 9.17) is 4.74 Å². The van der Waals surface area contributed by atoms with Gasteiger partial charge in [-0.25, -0.2) is 0 Å². The summed E-state index contributed by atoms with van der Waals surface area (Å²) in [6.07, 6.45) is -4.40. The molecular formula is C24H21F3N2O. The Labute approximate surface area is 172 Å². The van der Waals surface area contributed by atoms with E-state index in [1.165, 1.54) is 6.07 Å². The van der Waals surface area contributed by atoms with Crippen molar-refractivity contribution in [3.63, 3.8) is 0 Å². The number of rotatable bonds is 5. The first kappa shape index (κ1) is 19.9. The van der Waals surface area contributed by atoms with Crippen LogP contribution in [0.2, 0.25) is 0 Å². The maximum Gasteiger partial charge on any atom is 0.416 e. The van der Waals surface area contributed by atoms with Gasteiger partial charge in [0.15, 0.2) is 0 Å². The van der Waals surface area contributed by atoms with Crippen molar-refractivity contribution in [1.82, 2.24) is 4.98 Å². The number of anilines is 1. The molecule has 30 heavy (non-hydrogen) atoms. The van der Waals surface area contributed by atoms with E-state index in [1.807, 2.05) is 55.5 Å². The van der Waals surface area contributed by atoms with Gasteiger partial charge >= 0.3 is 6.18 Å². The van der Waals surface area contributed by atoms with Crippen LogP contribution in [0.4, 0.5) is 18.9 Å². The third-order valence-corrected chi connectivity index (χ3v) is 5.18. The molecule has 0 bridgehead atoms. The minimum atomic E-state index is -4.40. The van der Waals surface area contributed by atoms with Crippen LogP contribution in [0.15, 0.2) is 72.8 Å². The largest absolute Gasteiger partial charge is 0.497 e. The summed E-state index contributed by atoms with van der Waals surface area (Å²) in [7, 11) is 1.59. The van der Waals surface area contributed by atoms with Crippen molar-refractivity contribution >= 4 is 16.6 Å². The van der Waals surface area contributed by atoms with E-state index in [0.29, 0.717) is 11.4 Å². The number of ether oxygens (including phenoxy) is 1. The lowest BCUT2D eigenvalue weighted by molar-refractivity contribution is -0.137. The Morgan fingerprint density at radius 3 is 2.37 bits per heavy atom. The van der Waals surface area contributed by atoms with Gasteiger partial charge in [0.25, 0.3) is 0 Å². The van der Waals surface area contributed by atoms with Gasteiger partial charge in [0.2, 0.25) is 0 Å². The van der Waals surface area contributed by atoms with Gasteiger partial charge in [-0.2, -0.15) is 13.2 Å². The van der Waals surface area contributed by atoms with Crippen LogP contribution in [0.3, 0.4) is 0 Å². The SMILES string of the molecule is COc1ccc(C(Nc2cccc(C(F)(F)F)c2)c2c(C)[nH]c3ccccc23)cc1. The molecule has 0 saturated heterocycles. The molecule has 0 spiro atoms. The summed E-state index contributed by atoms with van der Waals surface area (Å²) in [4.78, 5) is 3.38. The molecule has 4 rings (SSSR count). The second-order valence-electron chi connectivity index (χ2n) is 7.14. The number of halogens is 3. The Morgan fingerprint density at radius 1 is 0.933 bits per heavy atom. The quantitative estimate of drug-likeness (QED) is 0.384. The Balaban J connectivity index is 1.83. The zero-order chi connectivity index (χ0) is 21.3. The van der Waals surface area contributed by atoms with Crippen LogP contribution in [-0.2, 0) is 6.18 Å². The number of methoxy groups -OCH3 is 1. The number of aromatic nitrogens is 1. The Bertz CT molecular complexity index is 1160. The van der Waals surface area contributed by atoms with Crippen molar-refractivity contribution in [3.05, 3.63) is 95.2 Å². The van der Waals surface area contributed by atoms with Gasteiger partial charge in [-0.15, -0.1) is 0 Å². The van der Waals surface area contributed by atoms with E-state index in [2.05, 4.69) is 10.3 Å². The predicted octanol–water partition coefficient (Wildman–Crippen LogP) is 6.71. The fraction of sp³-hybridized carbons (Fsp3) is 0.167. The van der Waals surface area contributed by atoms with Crippen LogP contribution in [0.1, 0.15) is 28.4 Å². The summed E-state index contributed by atoms with van der Waals surface area (Å²) >= 11 is 0. The van der Waals surface area contributed by atoms with E-state index < -0.39 is 11.7 Å². The van der Waals surface area contributed by atoms with Gasteiger partial charge in [0, 0.05) is 27.8 Å². The van der Waals surface area contributed by atoms with Crippen LogP contribution < -0.4 is 10.1 Å². The number of hydrogen-bond donors (Lipinski definition) is 2. The van der Waals surface area contributed by atoms with E-state index in [-0.39, 0.29) is 6.04 Å². The number of aryl methyl sites for hydroxylation is 1. The third-order valence-electron chi connectivity index (χ3n) is 5.18. The average Bonchev–Trinajstić information content (AvgIpc) is 3.07. The molecule has 2 N–H and O–H groups in total. The van der Waals surface area contributed by atoms with Crippen LogP contribution >= 0.6 is 0 Å². The fourth-order valence-electron chi connectivity index (χ4n) is 3.74. The number of aromatic amines is 1. The number of H-pyrrole nitrogens is 1. The molecule has 0 amide bonds. The third kappa shape index (κ3) is 3.85. The van der Waals surface area contributed by atoms with Crippen molar-refractivity contribution < 1.29 is 17.9 Å². The number of alkyl halides is 3. The van der Waals surface area contributed by atoms with Gasteiger partial charge in [-0.05, 0) is 48.9 Å².